The predicted octanol–water partition coefficient (Wildman–Crippen LogP) is 1.62. The first kappa shape index (κ1) is 10.6. The van der Waals surface area contributed by atoms with Crippen LogP contribution in [-0.4, -0.2) is 26.0 Å². The van der Waals surface area contributed by atoms with Crippen molar-refractivity contribution >= 4 is 17.7 Å². The lowest BCUT2D eigenvalue weighted by Gasteiger charge is -1.95. The average molecular weight is 237 g/mol. The van der Waals surface area contributed by atoms with Crippen LogP contribution in [0.15, 0.2) is 33.3 Å². The van der Waals surface area contributed by atoms with Gasteiger partial charge >= 0.3 is 5.97 Å². The van der Waals surface area contributed by atoms with E-state index in [0.29, 0.717) is 5.16 Å². The molecule has 1 N–H and O–H groups in total. The van der Waals surface area contributed by atoms with Crippen molar-refractivity contribution in [2.45, 2.75) is 17.3 Å². The van der Waals surface area contributed by atoms with E-state index in [0.717, 1.165) is 23.7 Å². The Morgan fingerprint density at radius 1 is 1.50 bits per heavy atom. The number of carboxylic acid groups (broad SMARTS) is 1. The second kappa shape index (κ2) is 4.31. The van der Waals surface area contributed by atoms with Gasteiger partial charge in [0.2, 0.25) is 0 Å². The third kappa shape index (κ3) is 2.37. The van der Waals surface area contributed by atoms with Gasteiger partial charge in [0.25, 0.3) is 5.22 Å². The fraction of sp³-hybridized carbons (Fsp3) is 0.111. The number of hydrogen-bond acceptors (Lipinski definition) is 6. The predicted molar refractivity (Wildman–Crippen MR) is 54.4 cm³/mol. The quantitative estimate of drug-likeness (QED) is 0.811. The van der Waals surface area contributed by atoms with E-state index in [1.807, 2.05) is 6.92 Å². The molecule has 0 amide bonds. The number of aryl methyl sites for hydroxylation is 1. The first-order valence-corrected chi connectivity index (χ1v) is 5.13. The van der Waals surface area contributed by atoms with Gasteiger partial charge in [-0.1, -0.05) is 0 Å². The molecule has 0 saturated carbocycles. The Kier molecular flexibility index (Phi) is 2.86. The normalized spacial score (nSPS) is 10.3. The lowest BCUT2D eigenvalue weighted by atomic mass is 10.5. The fourth-order valence-corrected chi connectivity index (χ4v) is 1.66. The number of carbonyl (C=O) groups is 1. The van der Waals surface area contributed by atoms with Crippen molar-refractivity contribution < 1.29 is 14.3 Å². The maximum Gasteiger partial charge on any atom is 0.357 e. The second-order valence-electron chi connectivity index (χ2n) is 2.89. The van der Waals surface area contributed by atoms with E-state index in [1.165, 1.54) is 0 Å². The van der Waals surface area contributed by atoms with Crippen LogP contribution < -0.4 is 0 Å². The molecular formula is C9H7N3O3S. The summed E-state index contributed by atoms with van der Waals surface area (Å²) >= 11 is 1.08. The fourth-order valence-electron chi connectivity index (χ4n) is 0.956. The van der Waals surface area contributed by atoms with E-state index in [9.17, 15) is 4.79 Å². The van der Waals surface area contributed by atoms with Crippen molar-refractivity contribution in [2.75, 3.05) is 0 Å². The molecule has 0 aromatic carbocycles. The summed E-state index contributed by atoms with van der Waals surface area (Å²) in [5.74, 6) is -1.12. The van der Waals surface area contributed by atoms with E-state index < -0.39 is 5.97 Å². The number of aromatic nitrogens is 3. The zero-order valence-electron chi connectivity index (χ0n) is 8.25. The topological polar surface area (TPSA) is 89.1 Å². The molecule has 2 aromatic heterocycles. The monoisotopic (exact) mass is 237 g/mol. The van der Waals surface area contributed by atoms with E-state index in [2.05, 4.69) is 15.0 Å². The average Bonchev–Trinajstić information content (AvgIpc) is 2.66. The molecule has 0 fully saturated rings. The molecule has 0 aliphatic carbocycles. The number of aromatic carboxylic acids is 1. The standard InChI is InChI=1S/C9H7N3O3S/c1-5-2-3-10-8(11-5)16-9-12-6(4-15-9)7(13)14/h2-4H,1H3,(H,13,14). The van der Waals surface area contributed by atoms with Crippen LogP contribution in [0.1, 0.15) is 16.2 Å². The van der Waals surface area contributed by atoms with Crippen LogP contribution >= 0.6 is 11.8 Å². The highest BCUT2D eigenvalue weighted by molar-refractivity contribution is 7.98. The Balaban J connectivity index is 2.17. The van der Waals surface area contributed by atoms with E-state index >= 15 is 0 Å². The Bertz CT molecular complexity index is 526. The van der Waals surface area contributed by atoms with Gasteiger partial charge in [-0.05, 0) is 13.0 Å². The van der Waals surface area contributed by atoms with Crippen molar-refractivity contribution in [3.8, 4) is 0 Å². The van der Waals surface area contributed by atoms with Crippen LogP contribution in [-0.2, 0) is 0 Å². The molecule has 2 rings (SSSR count). The van der Waals surface area contributed by atoms with Gasteiger partial charge in [0.1, 0.15) is 6.26 Å². The maximum atomic E-state index is 10.6. The molecule has 0 radical (unpaired) electrons. The van der Waals surface area contributed by atoms with Gasteiger partial charge in [0, 0.05) is 23.7 Å². The minimum absolute atomic E-state index is 0.129. The molecule has 0 saturated heterocycles. The summed E-state index contributed by atoms with van der Waals surface area (Å²) in [6, 6.07) is 1.77. The summed E-state index contributed by atoms with van der Waals surface area (Å²) in [5.41, 5.74) is 0.692. The molecule has 7 heteroatoms. The number of carboxylic acids is 1. The molecule has 0 unspecified atom stereocenters. The third-order valence-corrected chi connectivity index (χ3v) is 2.39. The van der Waals surface area contributed by atoms with Gasteiger partial charge in [0.05, 0.1) is 0 Å². The van der Waals surface area contributed by atoms with Crippen LogP contribution in [0.3, 0.4) is 0 Å². The molecular weight excluding hydrogens is 230 g/mol. The first-order chi connectivity index (χ1) is 7.65. The summed E-state index contributed by atoms with van der Waals surface area (Å²) < 4.78 is 4.96. The van der Waals surface area contributed by atoms with Crippen LogP contribution in [0.5, 0.6) is 0 Å². The first-order valence-electron chi connectivity index (χ1n) is 4.31. The lowest BCUT2D eigenvalue weighted by molar-refractivity contribution is 0.0690. The van der Waals surface area contributed by atoms with Gasteiger partial charge in [-0.15, -0.1) is 0 Å². The Morgan fingerprint density at radius 2 is 2.31 bits per heavy atom. The summed E-state index contributed by atoms with van der Waals surface area (Å²) in [6.07, 6.45) is 2.70. The van der Waals surface area contributed by atoms with Crippen molar-refractivity contribution in [2.24, 2.45) is 0 Å². The van der Waals surface area contributed by atoms with Gasteiger partial charge in [-0.2, -0.15) is 4.98 Å². The van der Waals surface area contributed by atoms with Crippen molar-refractivity contribution in [1.82, 2.24) is 15.0 Å². The highest BCUT2D eigenvalue weighted by Gasteiger charge is 2.12. The van der Waals surface area contributed by atoms with Crippen molar-refractivity contribution in [3.05, 3.63) is 29.9 Å². The second-order valence-corrected chi connectivity index (χ2v) is 3.80. The lowest BCUT2D eigenvalue weighted by Crippen LogP contribution is -1.95. The molecule has 0 spiro atoms. The maximum absolute atomic E-state index is 10.6. The number of hydrogen-bond donors (Lipinski definition) is 1. The summed E-state index contributed by atoms with van der Waals surface area (Å²) in [5, 5.41) is 9.33. The number of rotatable bonds is 3. The van der Waals surface area contributed by atoms with Crippen LogP contribution in [0.2, 0.25) is 0 Å². The molecule has 2 heterocycles. The van der Waals surface area contributed by atoms with Crippen molar-refractivity contribution in [3.63, 3.8) is 0 Å². The Hall–Kier alpha value is -1.89. The summed E-state index contributed by atoms with van der Waals surface area (Å²) in [7, 11) is 0. The molecule has 0 bridgehead atoms. The largest absolute Gasteiger partial charge is 0.476 e. The number of nitrogens with zero attached hydrogens (tertiary/aromatic N) is 3. The van der Waals surface area contributed by atoms with E-state index in [4.69, 9.17) is 9.52 Å². The van der Waals surface area contributed by atoms with Crippen LogP contribution in [0.25, 0.3) is 0 Å². The Morgan fingerprint density at radius 3 is 2.94 bits per heavy atom. The molecule has 2 aromatic rings. The van der Waals surface area contributed by atoms with Gasteiger partial charge in [-0.3, -0.25) is 0 Å². The summed E-state index contributed by atoms with van der Waals surface area (Å²) in [4.78, 5) is 22.4. The van der Waals surface area contributed by atoms with Gasteiger partial charge < -0.3 is 9.52 Å². The highest BCUT2D eigenvalue weighted by atomic mass is 32.2. The van der Waals surface area contributed by atoms with Crippen LogP contribution in [0.4, 0.5) is 0 Å². The minimum atomic E-state index is -1.12. The third-order valence-electron chi connectivity index (χ3n) is 1.65. The smallest absolute Gasteiger partial charge is 0.357 e. The highest BCUT2D eigenvalue weighted by Crippen LogP contribution is 2.23. The molecule has 6 nitrogen and oxygen atoms in total. The van der Waals surface area contributed by atoms with Crippen LogP contribution in [0, 0.1) is 6.92 Å². The number of oxazole rings is 1. The van der Waals surface area contributed by atoms with E-state index in [-0.39, 0.29) is 10.9 Å². The zero-order chi connectivity index (χ0) is 11.5. The van der Waals surface area contributed by atoms with Gasteiger partial charge in [0.15, 0.2) is 10.9 Å². The zero-order valence-corrected chi connectivity index (χ0v) is 9.06. The molecule has 0 aliphatic rings. The van der Waals surface area contributed by atoms with E-state index in [1.54, 1.807) is 12.3 Å². The summed E-state index contributed by atoms with van der Waals surface area (Å²) in [6.45, 7) is 1.84. The molecule has 0 atom stereocenters. The van der Waals surface area contributed by atoms with Crippen molar-refractivity contribution in [1.29, 1.82) is 0 Å². The molecule has 82 valence electrons. The Labute approximate surface area is 94.8 Å². The van der Waals surface area contributed by atoms with Gasteiger partial charge in [-0.25, -0.2) is 14.8 Å². The SMILES string of the molecule is Cc1ccnc(Sc2nc(C(=O)O)co2)n1. The minimum Gasteiger partial charge on any atom is -0.476 e. The molecule has 0 aliphatic heterocycles. The molecule has 16 heavy (non-hydrogen) atoms.